The minimum Gasteiger partial charge on any atom is -0.0810 e. The van der Waals surface area contributed by atoms with Crippen molar-refractivity contribution in [2.45, 2.75) is 96.8 Å². The summed E-state index contributed by atoms with van der Waals surface area (Å²) >= 11 is 0. The topological polar surface area (TPSA) is 0 Å². The lowest BCUT2D eigenvalue weighted by molar-refractivity contribution is 0.544. The Morgan fingerprint density at radius 2 is 1.12 bits per heavy atom. The van der Waals surface area contributed by atoms with Crippen LogP contribution in [0, 0.1) is 0 Å². The second kappa shape index (κ2) is 10.9. The first kappa shape index (κ1) is 14.8. The fraction of sp³-hybridized carbons (Fsp3) is 0.882. The predicted molar refractivity (Wildman–Crippen MR) is 78.4 cm³/mol. The molecule has 1 aliphatic rings. The molecule has 0 bridgehead atoms. The van der Waals surface area contributed by atoms with Gasteiger partial charge in [0.2, 0.25) is 0 Å². The standard InChI is InChI=1S/C17H32/c1-2-3-4-5-6-7-8-9-10-11-12-13-14-17-15-16-17/h15H,2-14,16H2,1H3. The highest BCUT2D eigenvalue weighted by atomic mass is 14.1. The third-order valence-electron chi connectivity index (χ3n) is 3.84. The average molecular weight is 236 g/mol. The third kappa shape index (κ3) is 10.6. The Bertz CT molecular complexity index is 190. The first-order valence-electron chi connectivity index (χ1n) is 8.11. The fourth-order valence-corrected chi connectivity index (χ4v) is 2.47. The molecule has 0 spiro atoms. The van der Waals surface area contributed by atoms with Crippen molar-refractivity contribution in [2.75, 3.05) is 0 Å². The van der Waals surface area contributed by atoms with Crippen LogP contribution in [0.3, 0.4) is 0 Å². The van der Waals surface area contributed by atoms with Gasteiger partial charge in [0.15, 0.2) is 0 Å². The van der Waals surface area contributed by atoms with Crippen LogP contribution in [0.25, 0.3) is 0 Å². The second-order valence-corrected chi connectivity index (χ2v) is 5.71. The molecule has 0 aliphatic heterocycles. The number of hydrogen-bond donors (Lipinski definition) is 0. The monoisotopic (exact) mass is 236 g/mol. The molecule has 0 fully saturated rings. The molecule has 0 amide bonds. The van der Waals surface area contributed by atoms with Crippen molar-refractivity contribution in [3.63, 3.8) is 0 Å². The normalized spacial score (nSPS) is 13.8. The number of rotatable bonds is 13. The van der Waals surface area contributed by atoms with Gasteiger partial charge in [0, 0.05) is 0 Å². The van der Waals surface area contributed by atoms with E-state index >= 15 is 0 Å². The molecule has 0 atom stereocenters. The molecule has 0 aromatic heterocycles. The molecule has 0 aromatic rings. The van der Waals surface area contributed by atoms with Crippen LogP contribution in [-0.4, -0.2) is 0 Å². The molecular weight excluding hydrogens is 204 g/mol. The zero-order valence-electron chi connectivity index (χ0n) is 12.0. The lowest BCUT2D eigenvalue weighted by Gasteiger charge is -2.02. The predicted octanol–water partition coefficient (Wildman–Crippen LogP) is 6.41. The zero-order chi connectivity index (χ0) is 12.2. The highest BCUT2D eigenvalue weighted by Crippen LogP contribution is 2.25. The Hall–Kier alpha value is -0.260. The summed E-state index contributed by atoms with van der Waals surface area (Å²) in [7, 11) is 0. The van der Waals surface area contributed by atoms with Gasteiger partial charge in [-0.2, -0.15) is 0 Å². The Kier molecular flexibility index (Phi) is 9.46. The highest BCUT2D eigenvalue weighted by molar-refractivity contribution is 5.21. The van der Waals surface area contributed by atoms with E-state index in [1.807, 2.05) is 0 Å². The smallest absolute Gasteiger partial charge is 0.0136 e. The van der Waals surface area contributed by atoms with E-state index in [1.165, 1.54) is 89.9 Å². The van der Waals surface area contributed by atoms with Gasteiger partial charge >= 0.3 is 0 Å². The van der Waals surface area contributed by atoms with Gasteiger partial charge < -0.3 is 0 Å². The van der Waals surface area contributed by atoms with Crippen LogP contribution < -0.4 is 0 Å². The van der Waals surface area contributed by atoms with E-state index in [1.54, 1.807) is 5.57 Å². The van der Waals surface area contributed by atoms with E-state index < -0.39 is 0 Å². The molecular formula is C17H32. The molecule has 1 rings (SSSR count). The van der Waals surface area contributed by atoms with Gasteiger partial charge in [-0.3, -0.25) is 0 Å². The summed E-state index contributed by atoms with van der Waals surface area (Å²) in [5.41, 5.74) is 1.72. The second-order valence-electron chi connectivity index (χ2n) is 5.71. The molecule has 17 heavy (non-hydrogen) atoms. The molecule has 100 valence electrons. The van der Waals surface area contributed by atoms with Crippen LogP contribution in [0.4, 0.5) is 0 Å². The maximum Gasteiger partial charge on any atom is -0.0136 e. The Morgan fingerprint density at radius 3 is 1.53 bits per heavy atom. The average Bonchev–Trinajstić information content (AvgIpc) is 3.15. The van der Waals surface area contributed by atoms with E-state index in [4.69, 9.17) is 0 Å². The Labute approximate surface area is 109 Å². The molecule has 0 unspecified atom stereocenters. The van der Waals surface area contributed by atoms with Gasteiger partial charge in [-0.05, 0) is 19.3 Å². The van der Waals surface area contributed by atoms with Crippen LogP contribution in [-0.2, 0) is 0 Å². The molecule has 0 nitrogen and oxygen atoms in total. The summed E-state index contributed by atoms with van der Waals surface area (Å²) in [4.78, 5) is 0. The highest BCUT2D eigenvalue weighted by Gasteiger charge is 2.05. The van der Waals surface area contributed by atoms with Gasteiger partial charge in [-0.1, -0.05) is 89.2 Å². The van der Waals surface area contributed by atoms with Gasteiger partial charge in [-0.15, -0.1) is 0 Å². The van der Waals surface area contributed by atoms with E-state index in [0.29, 0.717) is 0 Å². The van der Waals surface area contributed by atoms with Crippen molar-refractivity contribution in [1.29, 1.82) is 0 Å². The molecule has 0 saturated heterocycles. The lowest BCUT2D eigenvalue weighted by Crippen LogP contribution is -1.82. The van der Waals surface area contributed by atoms with Crippen molar-refractivity contribution >= 4 is 0 Å². The molecule has 1 aliphatic carbocycles. The van der Waals surface area contributed by atoms with Crippen LogP contribution in [0.2, 0.25) is 0 Å². The Balaban J connectivity index is 1.62. The fourth-order valence-electron chi connectivity index (χ4n) is 2.47. The summed E-state index contributed by atoms with van der Waals surface area (Å²) in [6.45, 7) is 2.29. The van der Waals surface area contributed by atoms with Crippen molar-refractivity contribution < 1.29 is 0 Å². The van der Waals surface area contributed by atoms with Crippen LogP contribution in [0.1, 0.15) is 96.8 Å². The molecule has 0 N–H and O–H groups in total. The molecule has 0 heteroatoms. The SMILES string of the molecule is CCCCCCCCCCCCCCC1=CC1. The summed E-state index contributed by atoms with van der Waals surface area (Å²) in [6, 6.07) is 0. The number of allylic oxidation sites excluding steroid dienone is 2. The van der Waals surface area contributed by atoms with Crippen molar-refractivity contribution in [3.8, 4) is 0 Å². The van der Waals surface area contributed by atoms with Crippen LogP contribution in [0.15, 0.2) is 11.6 Å². The third-order valence-corrected chi connectivity index (χ3v) is 3.84. The van der Waals surface area contributed by atoms with Crippen LogP contribution >= 0.6 is 0 Å². The van der Waals surface area contributed by atoms with Crippen LogP contribution in [0.5, 0.6) is 0 Å². The minimum absolute atomic E-state index is 1.33. The van der Waals surface area contributed by atoms with Crippen molar-refractivity contribution in [3.05, 3.63) is 11.6 Å². The summed E-state index contributed by atoms with van der Waals surface area (Å²) in [5, 5.41) is 0. The molecule has 0 heterocycles. The minimum atomic E-state index is 1.33. The first-order chi connectivity index (χ1) is 8.43. The van der Waals surface area contributed by atoms with Crippen molar-refractivity contribution in [1.82, 2.24) is 0 Å². The number of unbranched alkanes of at least 4 members (excludes halogenated alkanes) is 11. The van der Waals surface area contributed by atoms with E-state index in [9.17, 15) is 0 Å². The first-order valence-corrected chi connectivity index (χ1v) is 8.11. The van der Waals surface area contributed by atoms with Crippen molar-refractivity contribution in [2.24, 2.45) is 0 Å². The molecule has 0 radical (unpaired) electrons. The quantitative estimate of drug-likeness (QED) is 0.256. The lowest BCUT2D eigenvalue weighted by atomic mass is 10.0. The molecule has 0 aromatic carbocycles. The molecule has 0 saturated carbocycles. The van der Waals surface area contributed by atoms with Gasteiger partial charge in [0.1, 0.15) is 0 Å². The largest absolute Gasteiger partial charge is 0.0810 e. The zero-order valence-corrected chi connectivity index (χ0v) is 12.0. The summed E-state index contributed by atoms with van der Waals surface area (Å²) in [5.74, 6) is 0. The van der Waals surface area contributed by atoms with Gasteiger partial charge in [0.05, 0.1) is 0 Å². The van der Waals surface area contributed by atoms with E-state index in [2.05, 4.69) is 13.0 Å². The maximum absolute atomic E-state index is 2.37. The maximum atomic E-state index is 2.37. The number of hydrogen-bond acceptors (Lipinski definition) is 0. The summed E-state index contributed by atoms with van der Waals surface area (Å²) < 4.78 is 0. The van der Waals surface area contributed by atoms with E-state index in [-0.39, 0.29) is 0 Å². The van der Waals surface area contributed by atoms with Gasteiger partial charge in [0.25, 0.3) is 0 Å². The summed E-state index contributed by atoms with van der Waals surface area (Å²) in [6.07, 6.45) is 22.7. The van der Waals surface area contributed by atoms with Gasteiger partial charge in [-0.25, -0.2) is 0 Å². The van der Waals surface area contributed by atoms with E-state index in [0.717, 1.165) is 0 Å². The Morgan fingerprint density at radius 1 is 0.706 bits per heavy atom.